The Kier molecular flexibility index (Phi) is 2.39. The molecule has 7 heteroatoms. The smallest absolute Gasteiger partial charge is 0.313 e. The van der Waals surface area contributed by atoms with Gasteiger partial charge in [0.1, 0.15) is 5.65 Å². The molecule has 80 valence electrons. The van der Waals surface area contributed by atoms with E-state index in [0.29, 0.717) is 12.2 Å². The summed E-state index contributed by atoms with van der Waals surface area (Å²) >= 11 is 0. The van der Waals surface area contributed by atoms with Gasteiger partial charge in [0.25, 0.3) is 5.56 Å². The highest BCUT2D eigenvalue weighted by Gasteiger charge is 2.06. The van der Waals surface area contributed by atoms with Crippen LogP contribution in [-0.4, -0.2) is 19.5 Å². The fourth-order valence-corrected chi connectivity index (χ4v) is 1.34. The van der Waals surface area contributed by atoms with Gasteiger partial charge in [0.2, 0.25) is 0 Å². The lowest BCUT2D eigenvalue weighted by Crippen LogP contribution is -2.22. The third-order valence-corrected chi connectivity index (χ3v) is 2.01. The molecule has 2 heterocycles. The molecule has 2 N–H and O–H groups in total. The lowest BCUT2D eigenvalue weighted by atomic mass is 10.5. The Bertz CT molecular complexity index is 697. The molecule has 7 nitrogen and oxygen atoms in total. The van der Waals surface area contributed by atoms with Crippen molar-refractivity contribution in [3.05, 3.63) is 39.3 Å². The molecule has 16 heavy (non-hydrogen) atoms. The SMILES string of the molecule is N#CC=CCn1cnc2c(=O)[nH]c(=O)[nH]c21. The van der Waals surface area contributed by atoms with E-state index in [-0.39, 0.29) is 5.52 Å². The Morgan fingerprint density at radius 1 is 1.50 bits per heavy atom. The van der Waals surface area contributed by atoms with Gasteiger partial charge in [-0.25, -0.2) is 9.78 Å². The van der Waals surface area contributed by atoms with E-state index in [1.165, 1.54) is 12.4 Å². The van der Waals surface area contributed by atoms with Crippen LogP contribution in [0.4, 0.5) is 0 Å². The van der Waals surface area contributed by atoms with E-state index in [0.717, 1.165) is 0 Å². The van der Waals surface area contributed by atoms with E-state index >= 15 is 0 Å². The molecule has 0 bridgehead atoms. The van der Waals surface area contributed by atoms with Gasteiger partial charge in [-0.2, -0.15) is 5.26 Å². The number of nitrogens with zero attached hydrogens (tertiary/aromatic N) is 3. The molecule has 0 saturated carbocycles. The molecule has 0 aliphatic carbocycles. The third-order valence-electron chi connectivity index (χ3n) is 2.01. The van der Waals surface area contributed by atoms with Crippen molar-refractivity contribution in [2.24, 2.45) is 0 Å². The number of imidazole rings is 1. The molecule has 0 aliphatic heterocycles. The standard InChI is InChI=1S/C9H7N5O2/c10-3-1-2-4-14-5-11-6-7(14)12-9(16)13-8(6)15/h1-2,5H,4H2,(H2,12,13,15,16). The number of hydrogen-bond donors (Lipinski definition) is 2. The van der Waals surface area contributed by atoms with Crippen molar-refractivity contribution in [2.75, 3.05) is 0 Å². The predicted octanol–water partition coefficient (Wildman–Crippen LogP) is -0.507. The fourth-order valence-electron chi connectivity index (χ4n) is 1.34. The minimum absolute atomic E-state index is 0.171. The summed E-state index contributed by atoms with van der Waals surface area (Å²) in [5.74, 6) is 0. The predicted molar refractivity (Wildman–Crippen MR) is 55.7 cm³/mol. The number of aromatic nitrogens is 4. The normalized spacial score (nSPS) is 10.9. The molecule has 0 aromatic carbocycles. The average molecular weight is 217 g/mol. The maximum atomic E-state index is 11.3. The molecule has 0 unspecified atom stereocenters. The van der Waals surface area contributed by atoms with Crippen LogP contribution in [0.2, 0.25) is 0 Å². The van der Waals surface area contributed by atoms with Crippen molar-refractivity contribution in [2.45, 2.75) is 6.54 Å². The van der Waals surface area contributed by atoms with Crippen LogP contribution in [0.25, 0.3) is 11.2 Å². The first-order valence-corrected chi connectivity index (χ1v) is 4.44. The Labute approximate surface area is 88.7 Å². The van der Waals surface area contributed by atoms with Crippen LogP contribution in [0.5, 0.6) is 0 Å². The van der Waals surface area contributed by atoms with Gasteiger partial charge in [0, 0.05) is 12.6 Å². The van der Waals surface area contributed by atoms with Crippen LogP contribution >= 0.6 is 0 Å². The van der Waals surface area contributed by atoms with Crippen molar-refractivity contribution in [3.63, 3.8) is 0 Å². The Morgan fingerprint density at radius 3 is 3.06 bits per heavy atom. The fraction of sp³-hybridized carbons (Fsp3) is 0.111. The number of hydrogen-bond acceptors (Lipinski definition) is 4. The lowest BCUT2D eigenvalue weighted by molar-refractivity contribution is 0.833. The van der Waals surface area contributed by atoms with Gasteiger partial charge in [0.15, 0.2) is 5.52 Å². The highest BCUT2D eigenvalue weighted by Crippen LogP contribution is 2.02. The van der Waals surface area contributed by atoms with Crippen LogP contribution in [0.3, 0.4) is 0 Å². The van der Waals surface area contributed by atoms with Gasteiger partial charge in [-0.15, -0.1) is 0 Å². The van der Waals surface area contributed by atoms with Crippen molar-refractivity contribution in [3.8, 4) is 6.07 Å². The number of aromatic amines is 2. The molecule has 2 aromatic heterocycles. The van der Waals surface area contributed by atoms with Gasteiger partial charge in [-0.3, -0.25) is 14.8 Å². The van der Waals surface area contributed by atoms with Gasteiger partial charge >= 0.3 is 5.69 Å². The minimum Gasteiger partial charge on any atom is -0.313 e. The van der Waals surface area contributed by atoms with Crippen LogP contribution in [0.1, 0.15) is 0 Å². The molecule has 2 rings (SSSR count). The maximum absolute atomic E-state index is 11.3. The summed E-state index contributed by atoms with van der Waals surface area (Å²) in [6.07, 6.45) is 4.34. The zero-order valence-corrected chi connectivity index (χ0v) is 8.10. The zero-order valence-electron chi connectivity index (χ0n) is 8.10. The van der Waals surface area contributed by atoms with Crippen LogP contribution in [0, 0.1) is 11.3 Å². The molecular formula is C9H7N5O2. The second kappa shape index (κ2) is 3.86. The molecule has 0 spiro atoms. The summed E-state index contributed by atoms with van der Waals surface area (Å²) < 4.78 is 1.57. The summed E-state index contributed by atoms with van der Waals surface area (Å²) in [6.45, 7) is 0.365. The number of allylic oxidation sites excluding steroid dienone is 2. The van der Waals surface area contributed by atoms with Crippen LogP contribution < -0.4 is 11.2 Å². The monoisotopic (exact) mass is 217 g/mol. The van der Waals surface area contributed by atoms with E-state index in [1.54, 1.807) is 10.6 Å². The molecule has 0 radical (unpaired) electrons. The number of H-pyrrole nitrogens is 2. The molecule has 0 saturated heterocycles. The average Bonchev–Trinajstić information content (AvgIpc) is 2.62. The molecule has 2 aromatic rings. The van der Waals surface area contributed by atoms with Crippen molar-refractivity contribution < 1.29 is 0 Å². The first-order valence-electron chi connectivity index (χ1n) is 4.44. The van der Waals surface area contributed by atoms with Crippen molar-refractivity contribution in [1.29, 1.82) is 5.26 Å². The summed E-state index contributed by atoms with van der Waals surface area (Å²) in [5.41, 5.74) is -0.591. The van der Waals surface area contributed by atoms with Crippen LogP contribution in [0.15, 0.2) is 28.1 Å². The number of nitrogens with one attached hydrogen (secondary N) is 2. The van der Waals surface area contributed by atoms with E-state index in [4.69, 9.17) is 5.26 Å². The van der Waals surface area contributed by atoms with Crippen LogP contribution in [-0.2, 0) is 6.54 Å². The first-order chi connectivity index (χ1) is 7.72. The topological polar surface area (TPSA) is 107 Å². The first kappa shape index (κ1) is 9.92. The van der Waals surface area contributed by atoms with Gasteiger partial charge < -0.3 is 4.57 Å². The number of fused-ring (bicyclic) bond motifs is 1. The van der Waals surface area contributed by atoms with E-state index in [1.807, 2.05) is 6.07 Å². The molecular weight excluding hydrogens is 210 g/mol. The molecule has 0 atom stereocenters. The second-order valence-electron chi connectivity index (χ2n) is 3.03. The largest absolute Gasteiger partial charge is 0.327 e. The number of rotatable bonds is 2. The molecule has 0 fully saturated rings. The van der Waals surface area contributed by atoms with E-state index < -0.39 is 11.2 Å². The molecule has 0 aliphatic rings. The highest BCUT2D eigenvalue weighted by atomic mass is 16.2. The summed E-state index contributed by atoms with van der Waals surface area (Å²) in [5, 5.41) is 8.32. The number of nitriles is 1. The summed E-state index contributed by atoms with van der Waals surface area (Å²) in [4.78, 5) is 30.8. The highest BCUT2D eigenvalue weighted by molar-refractivity contribution is 5.68. The summed E-state index contributed by atoms with van der Waals surface area (Å²) in [7, 11) is 0. The maximum Gasteiger partial charge on any atom is 0.327 e. The second-order valence-corrected chi connectivity index (χ2v) is 3.03. The van der Waals surface area contributed by atoms with Crippen molar-refractivity contribution >= 4 is 11.2 Å². The minimum atomic E-state index is -0.580. The lowest BCUT2D eigenvalue weighted by Gasteiger charge is -1.97. The summed E-state index contributed by atoms with van der Waals surface area (Å²) in [6, 6.07) is 1.85. The van der Waals surface area contributed by atoms with E-state index in [9.17, 15) is 9.59 Å². The quantitative estimate of drug-likeness (QED) is 0.660. The van der Waals surface area contributed by atoms with Gasteiger partial charge in [-0.05, 0) is 0 Å². The Balaban J connectivity index is 2.57. The molecule has 0 amide bonds. The Morgan fingerprint density at radius 2 is 2.31 bits per heavy atom. The van der Waals surface area contributed by atoms with Gasteiger partial charge in [0.05, 0.1) is 12.4 Å². The Hall–Kier alpha value is -2.62. The van der Waals surface area contributed by atoms with Gasteiger partial charge in [-0.1, -0.05) is 6.08 Å². The third kappa shape index (κ3) is 1.64. The van der Waals surface area contributed by atoms with E-state index in [2.05, 4.69) is 15.0 Å². The van der Waals surface area contributed by atoms with Crippen molar-refractivity contribution in [1.82, 2.24) is 19.5 Å². The zero-order chi connectivity index (χ0) is 11.5.